The number of phenolic OH excluding ortho intramolecular Hbond substituents is 1. The number of hydrogen-bond acceptors (Lipinski definition) is 4. The standard InChI is InChI=1S/C23H20Cl2N2O2/c1-29-18-9-4-14(5-10-18)20-13-21(19-12-17(25)8-11-22(19)28)27-23(26-20)15-2-6-16(24)7-3-15/h2-12,21,23,27-28H,13H2,1H3. The van der Waals surface area contributed by atoms with E-state index in [1.54, 1.807) is 25.3 Å². The Balaban J connectivity index is 1.75. The predicted molar refractivity (Wildman–Crippen MR) is 117 cm³/mol. The molecule has 4 nitrogen and oxygen atoms in total. The lowest BCUT2D eigenvalue weighted by Gasteiger charge is -2.31. The van der Waals surface area contributed by atoms with Gasteiger partial charge in [0, 0.05) is 33.8 Å². The molecule has 148 valence electrons. The summed E-state index contributed by atoms with van der Waals surface area (Å²) < 4.78 is 5.27. The molecule has 0 bridgehead atoms. The van der Waals surface area contributed by atoms with Crippen molar-refractivity contribution in [1.29, 1.82) is 0 Å². The largest absolute Gasteiger partial charge is 0.508 e. The average Bonchev–Trinajstić information content (AvgIpc) is 2.75. The van der Waals surface area contributed by atoms with Gasteiger partial charge in [0.05, 0.1) is 7.11 Å². The summed E-state index contributed by atoms with van der Waals surface area (Å²) in [5.74, 6) is 0.999. The second-order valence-corrected chi connectivity index (χ2v) is 7.76. The molecule has 4 rings (SSSR count). The van der Waals surface area contributed by atoms with Crippen LogP contribution in [0.3, 0.4) is 0 Å². The highest BCUT2D eigenvalue weighted by atomic mass is 35.5. The molecule has 6 heteroatoms. The fraction of sp³-hybridized carbons (Fsp3) is 0.174. The quantitative estimate of drug-likeness (QED) is 0.543. The van der Waals surface area contributed by atoms with Crippen LogP contribution in [0.15, 0.2) is 71.7 Å². The Labute approximate surface area is 179 Å². The zero-order valence-corrected chi connectivity index (χ0v) is 17.3. The first-order valence-corrected chi connectivity index (χ1v) is 10.00. The zero-order chi connectivity index (χ0) is 20.4. The first-order valence-electron chi connectivity index (χ1n) is 9.24. The molecule has 0 saturated heterocycles. The maximum absolute atomic E-state index is 10.4. The molecule has 0 spiro atoms. The highest BCUT2D eigenvalue weighted by molar-refractivity contribution is 6.30. The summed E-state index contributed by atoms with van der Waals surface area (Å²) in [7, 11) is 1.64. The second-order valence-electron chi connectivity index (χ2n) is 6.88. The number of benzene rings is 3. The number of ether oxygens (including phenoxy) is 1. The summed E-state index contributed by atoms with van der Waals surface area (Å²) >= 11 is 12.2. The van der Waals surface area contributed by atoms with Gasteiger partial charge in [0.1, 0.15) is 17.7 Å². The van der Waals surface area contributed by atoms with Crippen molar-refractivity contribution in [3.63, 3.8) is 0 Å². The summed E-state index contributed by atoms with van der Waals surface area (Å²) in [4.78, 5) is 4.94. The summed E-state index contributed by atoms with van der Waals surface area (Å²) in [5, 5.41) is 15.2. The van der Waals surface area contributed by atoms with Crippen molar-refractivity contribution in [2.75, 3.05) is 7.11 Å². The number of aliphatic imine (C=N–C) groups is 1. The fourth-order valence-electron chi connectivity index (χ4n) is 3.48. The molecule has 0 saturated carbocycles. The molecular formula is C23H20Cl2N2O2. The van der Waals surface area contributed by atoms with E-state index >= 15 is 0 Å². The predicted octanol–water partition coefficient (Wildman–Crippen LogP) is 5.93. The van der Waals surface area contributed by atoms with E-state index in [1.165, 1.54) is 0 Å². The van der Waals surface area contributed by atoms with Crippen molar-refractivity contribution in [2.45, 2.75) is 18.6 Å². The van der Waals surface area contributed by atoms with Gasteiger partial charge in [0.25, 0.3) is 0 Å². The third-order valence-corrected chi connectivity index (χ3v) is 5.50. The number of halogens is 2. The van der Waals surface area contributed by atoms with Crippen LogP contribution in [0, 0.1) is 0 Å². The van der Waals surface area contributed by atoms with Crippen LogP contribution in [0.4, 0.5) is 0 Å². The third-order valence-electron chi connectivity index (χ3n) is 5.02. The second kappa shape index (κ2) is 8.46. The molecular weight excluding hydrogens is 407 g/mol. The molecule has 3 aromatic rings. The maximum atomic E-state index is 10.4. The van der Waals surface area contributed by atoms with E-state index < -0.39 is 0 Å². The highest BCUT2D eigenvalue weighted by Gasteiger charge is 2.27. The number of aromatic hydroxyl groups is 1. The van der Waals surface area contributed by atoms with Crippen LogP contribution in [0.2, 0.25) is 10.0 Å². The van der Waals surface area contributed by atoms with Gasteiger partial charge in [-0.15, -0.1) is 0 Å². The Bertz CT molecular complexity index is 1030. The average molecular weight is 427 g/mol. The molecule has 3 aromatic carbocycles. The Morgan fingerprint density at radius 2 is 1.66 bits per heavy atom. The van der Waals surface area contributed by atoms with Gasteiger partial charge >= 0.3 is 0 Å². The van der Waals surface area contributed by atoms with Crippen molar-refractivity contribution in [1.82, 2.24) is 5.32 Å². The van der Waals surface area contributed by atoms with Gasteiger partial charge < -0.3 is 9.84 Å². The minimum Gasteiger partial charge on any atom is -0.508 e. The molecule has 1 aliphatic rings. The van der Waals surface area contributed by atoms with Gasteiger partial charge in [0.15, 0.2) is 0 Å². The topological polar surface area (TPSA) is 53.8 Å². The van der Waals surface area contributed by atoms with E-state index in [-0.39, 0.29) is 18.0 Å². The molecule has 1 aliphatic heterocycles. The first kappa shape index (κ1) is 19.8. The lowest BCUT2D eigenvalue weighted by Crippen LogP contribution is -2.33. The van der Waals surface area contributed by atoms with Crippen LogP contribution in [-0.2, 0) is 0 Å². The summed E-state index contributed by atoms with van der Waals surface area (Å²) in [6, 6.07) is 20.4. The van der Waals surface area contributed by atoms with E-state index in [0.29, 0.717) is 16.5 Å². The highest BCUT2D eigenvalue weighted by Crippen LogP contribution is 2.36. The fourth-order valence-corrected chi connectivity index (χ4v) is 3.79. The Morgan fingerprint density at radius 3 is 2.34 bits per heavy atom. The van der Waals surface area contributed by atoms with E-state index in [4.69, 9.17) is 32.9 Å². The summed E-state index contributed by atoms with van der Waals surface area (Å²) in [6.45, 7) is 0. The third kappa shape index (κ3) is 4.40. The van der Waals surface area contributed by atoms with Crippen molar-refractivity contribution < 1.29 is 9.84 Å². The van der Waals surface area contributed by atoms with Crippen LogP contribution >= 0.6 is 23.2 Å². The number of phenols is 1. The monoisotopic (exact) mass is 426 g/mol. The van der Waals surface area contributed by atoms with Gasteiger partial charge in [-0.3, -0.25) is 10.3 Å². The van der Waals surface area contributed by atoms with Crippen molar-refractivity contribution >= 4 is 28.9 Å². The number of nitrogens with one attached hydrogen (secondary N) is 1. The van der Waals surface area contributed by atoms with E-state index in [9.17, 15) is 5.11 Å². The SMILES string of the molecule is COc1ccc(C2=NC(c3ccc(Cl)cc3)NC(c3cc(Cl)ccc3O)C2)cc1. The van der Waals surface area contributed by atoms with Crippen molar-refractivity contribution in [2.24, 2.45) is 4.99 Å². The molecule has 29 heavy (non-hydrogen) atoms. The molecule has 0 amide bonds. The summed E-state index contributed by atoms with van der Waals surface area (Å²) in [6.07, 6.45) is 0.339. The van der Waals surface area contributed by atoms with Gasteiger partial charge in [-0.05, 0) is 65.7 Å². The molecule has 0 fully saturated rings. The minimum atomic E-state index is -0.276. The molecule has 2 N–H and O–H groups in total. The number of rotatable bonds is 4. The molecule has 1 heterocycles. The minimum absolute atomic E-state index is 0.149. The Morgan fingerprint density at radius 1 is 0.966 bits per heavy atom. The number of hydrogen-bond donors (Lipinski definition) is 2. The maximum Gasteiger partial charge on any atom is 0.126 e. The van der Waals surface area contributed by atoms with Crippen LogP contribution in [0.5, 0.6) is 11.5 Å². The van der Waals surface area contributed by atoms with Gasteiger partial charge in [0.2, 0.25) is 0 Å². The molecule has 2 atom stereocenters. The van der Waals surface area contributed by atoms with Crippen molar-refractivity contribution in [3.05, 3.63) is 93.5 Å². The van der Waals surface area contributed by atoms with Gasteiger partial charge in [-0.2, -0.15) is 0 Å². The lowest BCUT2D eigenvalue weighted by molar-refractivity contribution is 0.412. The van der Waals surface area contributed by atoms with Crippen molar-refractivity contribution in [3.8, 4) is 11.5 Å². The molecule has 0 aliphatic carbocycles. The summed E-state index contributed by atoms with van der Waals surface area (Å²) in [5.41, 5.74) is 3.69. The van der Waals surface area contributed by atoms with Crippen LogP contribution in [0.25, 0.3) is 0 Å². The number of methoxy groups -OCH3 is 1. The van der Waals surface area contributed by atoms with Crippen LogP contribution in [-0.4, -0.2) is 17.9 Å². The van der Waals surface area contributed by atoms with Gasteiger partial charge in [-0.25, -0.2) is 0 Å². The lowest BCUT2D eigenvalue weighted by atomic mass is 9.93. The molecule has 2 unspecified atom stereocenters. The van der Waals surface area contributed by atoms with Crippen LogP contribution < -0.4 is 10.1 Å². The van der Waals surface area contributed by atoms with E-state index in [0.717, 1.165) is 28.2 Å². The van der Waals surface area contributed by atoms with E-state index in [1.807, 2.05) is 48.5 Å². The normalized spacial score (nSPS) is 18.9. The molecule has 0 aromatic heterocycles. The van der Waals surface area contributed by atoms with E-state index in [2.05, 4.69) is 5.32 Å². The zero-order valence-electron chi connectivity index (χ0n) is 15.8. The smallest absolute Gasteiger partial charge is 0.126 e. The number of nitrogens with zero attached hydrogens (tertiary/aromatic N) is 1. The van der Waals surface area contributed by atoms with Gasteiger partial charge in [-0.1, -0.05) is 35.3 Å². The Kier molecular flexibility index (Phi) is 5.76. The van der Waals surface area contributed by atoms with Crippen LogP contribution in [0.1, 0.15) is 35.3 Å². The Hall–Kier alpha value is -2.53. The first-order chi connectivity index (χ1) is 14.0. The molecule has 0 radical (unpaired) electrons.